The van der Waals surface area contributed by atoms with Crippen LogP contribution in [0.4, 0.5) is 0 Å². The van der Waals surface area contributed by atoms with Crippen molar-refractivity contribution < 1.29 is 19.8 Å². The van der Waals surface area contributed by atoms with E-state index in [1.807, 2.05) is 0 Å². The fourth-order valence-corrected chi connectivity index (χ4v) is 1.15. The third-order valence-corrected chi connectivity index (χ3v) is 2.30. The Hall–Kier alpha value is -1.66. The maximum Gasteiger partial charge on any atom is 0.267 e. The molecule has 0 aliphatic heterocycles. The van der Waals surface area contributed by atoms with Crippen LogP contribution < -0.4 is 5.32 Å². The van der Waals surface area contributed by atoms with Crippen molar-refractivity contribution in [3.05, 3.63) is 23.5 Å². The molecule has 0 spiro atoms. The minimum absolute atomic E-state index is 0.0727. The van der Waals surface area contributed by atoms with Crippen molar-refractivity contribution in [3.63, 3.8) is 0 Å². The molecule has 0 saturated heterocycles. The van der Waals surface area contributed by atoms with Gasteiger partial charge < -0.3 is 20.5 Å². The second-order valence-corrected chi connectivity index (χ2v) is 4.20. The molecule has 0 bridgehead atoms. The molecule has 1 heterocycles. The Bertz CT molecular complexity index is 423. The van der Waals surface area contributed by atoms with Gasteiger partial charge in [-0.05, 0) is 19.9 Å². The van der Waals surface area contributed by atoms with Crippen molar-refractivity contribution in [1.82, 2.24) is 10.3 Å². The number of hydrogen-bond acceptors (Lipinski definition) is 4. The monoisotopic (exact) mass is 240 g/mol. The lowest BCUT2D eigenvalue weighted by Gasteiger charge is -2.20. The molecule has 1 rings (SSSR count). The number of Topliss-reactive ketones (excluding diaryl/α,β-unsaturated/α-hetero) is 1. The molecule has 6 nitrogen and oxygen atoms in total. The molecule has 1 aromatic rings. The summed E-state index contributed by atoms with van der Waals surface area (Å²) in [6.07, 6.45) is 1.45. The third kappa shape index (κ3) is 3.69. The summed E-state index contributed by atoms with van der Waals surface area (Å²) in [4.78, 5) is 25.3. The van der Waals surface area contributed by atoms with Crippen LogP contribution in [0.2, 0.25) is 0 Å². The van der Waals surface area contributed by atoms with E-state index in [-0.39, 0.29) is 18.0 Å². The molecular formula is C11H16N2O4. The van der Waals surface area contributed by atoms with Gasteiger partial charge in [0.2, 0.25) is 0 Å². The zero-order valence-corrected chi connectivity index (χ0v) is 9.78. The van der Waals surface area contributed by atoms with Crippen molar-refractivity contribution in [3.8, 4) is 0 Å². The Balaban J connectivity index is 2.61. The lowest BCUT2D eigenvalue weighted by atomic mass is 10.1. The van der Waals surface area contributed by atoms with Gasteiger partial charge in [-0.15, -0.1) is 0 Å². The molecule has 0 fully saturated rings. The second kappa shape index (κ2) is 5.11. The molecule has 1 amide bonds. The first kappa shape index (κ1) is 13.4. The van der Waals surface area contributed by atoms with Crippen LogP contribution >= 0.6 is 0 Å². The normalized spacial score (nSPS) is 14.1. The number of carbonyl (C=O) groups is 2. The van der Waals surface area contributed by atoms with Crippen molar-refractivity contribution in [2.45, 2.75) is 19.4 Å². The number of amides is 1. The summed E-state index contributed by atoms with van der Waals surface area (Å²) in [6, 6.07) is 1.44. The average molecular weight is 240 g/mol. The lowest BCUT2D eigenvalue weighted by molar-refractivity contribution is 0.00316. The molecule has 0 aromatic carbocycles. The van der Waals surface area contributed by atoms with E-state index in [4.69, 9.17) is 5.11 Å². The maximum absolute atomic E-state index is 11.6. The summed E-state index contributed by atoms with van der Waals surface area (Å²) in [5, 5.41) is 20.7. The van der Waals surface area contributed by atoms with Gasteiger partial charge in [-0.3, -0.25) is 9.59 Å². The molecule has 1 atom stereocenters. The standard InChI is InChI=1S/C11H16N2O4/c1-7(15)8-3-9(12-4-8)10(16)13-5-11(2,17)6-14/h3-4,12,14,17H,5-6H2,1-2H3,(H,13,16). The van der Waals surface area contributed by atoms with Crippen LogP contribution in [-0.2, 0) is 0 Å². The molecule has 0 aliphatic rings. The van der Waals surface area contributed by atoms with E-state index < -0.39 is 18.1 Å². The Morgan fingerprint density at radius 2 is 2.18 bits per heavy atom. The summed E-state index contributed by atoms with van der Waals surface area (Å²) < 4.78 is 0. The second-order valence-electron chi connectivity index (χ2n) is 4.20. The van der Waals surface area contributed by atoms with E-state index in [1.54, 1.807) is 0 Å². The highest BCUT2D eigenvalue weighted by molar-refractivity contribution is 5.99. The van der Waals surface area contributed by atoms with Crippen LogP contribution in [-0.4, -0.2) is 45.6 Å². The number of nitrogens with one attached hydrogen (secondary N) is 2. The molecule has 1 unspecified atom stereocenters. The van der Waals surface area contributed by atoms with E-state index in [0.29, 0.717) is 5.56 Å². The summed E-state index contributed by atoms with van der Waals surface area (Å²) in [5.41, 5.74) is -0.695. The average Bonchev–Trinajstić information content (AvgIpc) is 2.75. The van der Waals surface area contributed by atoms with Gasteiger partial charge in [-0.2, -0.15) is 0 Å². The molecule has 4 N–H and O–H groups in total. The molecule has 0 aliphatic carbocycles. The Morgan fingerprint density at radius 1 is 1.53 bits per heavy atom. The summed E-state index contributed by atoms with van der Waals surface area (Å²) in [5.74, 6) is -0.575. The van der Waals surface area contributed by atoms with Gasteiger partial charge in [0.1, 0.15) is 11.3 Å². The summed E-state index contributed by atoms with van der Waals surface area (Å²) in [6.45, 7) is 2.29. The first-order valence-corrected chi connectivity index (χ1v) is 5.16. The van der Waals surface area contributed by atoms with Crippen molar-refractivity contribution in [2.75, 3.05) is 13.2 Å². The fraction of sp³-hybridized carbons (Fsp3) is 0.455. The number of carbonyl (C=O) groups excluding carboxylic acids is 2. The SMILES string of the molecule is CC(=O)c1c[nH]c(C(=O)NCC(C)(O)CO)c1. The van der Waals surface area contributed by atoms with E-state index in [0.717, 1.165) is 0 Å². The van der Waals surface area contributed by atoms with Gasteiger partial charge in [-0.25, -0.2) is 0 Å². The number of H-pyrrole nitrogens is 1. The maximum atomic E-state index is 11.6. The molecule has 6 heteroatoms. The minimum atomic E-state index is -1.36. The third-order valence-electron chi connectivity index (χ3n) is 2.30. The largest absolute Gasteiger partial charge is 0.393 e. The highest BCUT2D eigenvalue weighted by atomic mass is 16.3. The Kier molecular flexibility index (Phi) is 4.03. The van der Waals surface area contributed by atoms with Crippen LogP contribution in [0.5, 0.6) is 0 Å². The summed E-state index contributed by atoms with van der Waals surface area (Å²) in [7, 11) is 0. The van der Waals surface area contributed by atoms with Crippen molar-refractivity contribution in [1.29, 1.82) is 0 Å². The number of aliphatic hydroxyl groups is 2. The van der Waals surface area contributed by atoms with Gasteiger partial charge in [0, 0.05) is 18.3 Å². The van der Waals surface area contributed by atoms with Crippen LogP contribution in [0.1, 0.15) is 34.7 Å². The van der Waals surface area contributed by atoms with E-state index in [1.165, 1.54) is 26.1 Å². The number of ketones is 1. The van der Waals surface area contributed by atoms with E-state index in [2.05, 4.69) is 10.3 Å². The Morgan fingerprint density at radius 3 is 2.65 bits per heavy atom. The first-order chi connectivity index (χ1) is 7.85. The van der Waals surface area contributed by atoms with Crippen LogP contribution in [0, 0.1) is 0 Å². The quantitative estimate of drug-likeness (QED) is 0.530. The van der Waals surface area contributed by atoms with Crippen molar-refractivity contribution >= 4 is 11.7 Å². The zero-order valence-electron chi connectivity index (χ0n) is 9.78. The van der Waals surface area contributed by atoms with Gasteiger partial charge in [0.05, 0.1) is 6.61 Å². The zero-order chi connectivity index (χ0) is 13.1. The number of rotatable bonds is 5. The van der Waals surface area contributed by atoms with Gasteiger partial charge in [0.15, 0.2) is 5.78 Å². The topological polar surface area (TPSA) is 102 Å². The molecule has 94 valence electrons. The van der Waals surface area contributed by atoms with Crippen LogP contribution in [0.3, 0.4) is 0 Å². The number of aromatic nitrogens is 1. The summed E-state index contributed by atoms with van der Waals surface area (Å²) >= 11 is 0. The molecule has 0 saturated carbocycles. The molecule has 0 radical (unpaired) electrons. The molecule has 1 aromatic heterocycles. The predicted molar refractivity (Wildman–Crippen MR) is 60.8 cm³/mol. The van der Waals surface area contributed by atoms with Gasteiger partial charge >= 0.3 is 0 Å². The first-order valence-electron chi connectivity index (χ1n) is 5.16. The number of hydrogen-bond donors (Lipinski definition) is 4. The van der Waals surface area contributed by atoms with E-state index in [9.17, 15) is 14.7 Å². The highest BCUT2D eigenvalue weighted by Gasteiger charge is 2.20. The lowest BCUT2D eigenvalue weighted by Crippen LogP contribution is -2.43. The molecule has 17 heavy (non-hydrogen) atoms. The minimum Gasteiger partial charge on any atom is -0.393 e. The van der Waals surface area contributed by atoms with E-state index >= 15 is 0 Å². The van der Waals surface area contributed by atoms with Crippen molar-refractivity contribution in [2.24, 2.45) is 0 Å². The van der Waals surface area contributed by atoms with Crippen LogP contribution in [0.15, 0.2) is 12.3 Å². The van der Waals surface area contributed by atoms with Gasteiger partial charge in [0.25, 0.3) is 5.91 Å². The smallest absolute Gasteiger partial charge is 0.267 e. The predicted octanol–water partition coefficient (Wildman–Crippen LogP) is -0.310. The van der Waals surface area contributed by atoms with Crippen LogP contribution in [0.25, 0.3) is 0 Å². The fourth-order valence-electron chi connectivity index (χ4n) is 1.15. The highest BCUT2D eigenvalue weighted by Crippen LogP contribution is 2.05. The van der Waals surface area contributed by atoms with Gasteiger partial charge in [-0.1, -0.05) is 0 Å². The number of aromatic amines is 1. The number of aliphatic hydroxyl groups excluding tert-OH is 1. The molecular weight excluding hydrogens is 224 g/mol. The Labute approximate surface area is 98.7 Å².